The molecule has 0 saturated carbocycles. The van der Waals surface area contributed by atoms with Gasteiger partial charge in [0.25, 0.3) is 0 Å². The molecule has 57 valence electrons. The summed E-state index contributed by atoms with van der Waals surface area (Å²) in [4.78, 5) is 0. The van der Waals surface area contributed by atoms with Gasteiger partial charge < -0.3 is 5.32 Å². The molecule has 0 fully saturated rings. The van der Waals surface area contributed by atoms with Crippen molar-refractivity contribution in [3.8, 4) is 0 Å². The van der Waals surface area contributed by atoms with E-state index in [9.17, 15) is 0 Å². The van der Waals surface area contributed by atoms with Crippen LogP contribution < -0.4 is 10.8 Å². The highest BCUT2D eigenvalue weighted by molar-refractivity contribution is 6.52. The highest BCUT2D eigenvalue weighted by atomic mass is 14.8. The number of nitrogens with one attached hydrogen (secondary N) is 1. The Morgan fingerprint density at radius 3 is 2.73 bits per heavy atom. The highest BCUT2D eigenvalue weighted by Gasteiger charge is 1.96. The molecule has 0 aliphatic heterocycles. The van der Waals surface area contributed by atoms with E-state index < -0.39 is 0 Å². The standard InChI is InChI=1S/C9H13BN/c1-10-9-6-4-3-5-8(9)7-11-2/h3-6,11H,7H2,1-2H3. The minimum absolute atomic E-state index is 0.945. The first-order valence-corrected chi connectivity index (χ1v) is 3.90. The second kappa shape index (κ2) is 4.19. The van der Waals surface area contributed by atoms with Gasteiger partial charge >= 0.3 is 0 Å². The van der Waals surface area contributed by atoms with Crippen molar-refractivity contribution in [1.29, 1.82) is 0 Å². The van der Waals surface area contributed by atoms with Crippen LogP contribution in [0, 0.1) is 0 Å². The lowest BCUT2D eigenvalue weighted by Crippen LogP contribution is -2.20. The lowest BCUT2D eigenvalue weighted by molar-refractivity contribution is 0.822. The summed E-state index contributed by atoms with van der Waals surface area (Å²) in [6.45, 7) is 3.01. The fourth-order valence-corrected chi connectivity index (χ4v) is 1.17. The molecule has 11 heavy (non-hydrogen) atoms. The largest absolute Gasteiger partial charge is 0.316 e. The molecule has 0 aliphatic carbocycles. The summed E-state index contributed by atoms with van der Waals surface area (Å²) in [6.07, 6.45) is 0. The molecule has 1 aromatic rings. The van der Waals surface area contributed by atoms with Crippen LogP contribution in [0.2, 0.25) is 6.82 Å². The molecule has 1 rings (SSSR count). The molecule has 0 atom stereocenters. The van der Waals surface area contributed by atoms with Gasteiger partial charge in [0, 0.05) is 6.54 Å². The monoisotopic (exact) mass is 146 g/mol. The van der Waals surface area contributed by atoms with Crippen LogP contribution in [-0.4, -0.2) is 14.3 Å². The number of hydrogen-bond donors (Lipinski definition) is 1. The van der Waals surface area contributed by atoms with Gasteiger partial charge in [-0.15, -0.1) is 0 Å². The van der Waals surface area contributed by atoms with E-state index in [-0.39, 0.29) is 0 Å². The number of hydrogen-bond acceptors (Lipinski definition) is 1. The van der Waals surface area contributed by atoms with Crippen molar-refractivity contribution in [2.24, 2.45) is 0 Å². The molecule has 0 bridgehead atoms. The molecule has 1 aromatic carbocycles. The Morgan fingerprint density at radius 2 is 2.09 bits per heavy atom. The summed E-state index contributed by atoms with van der Waals surface area (Å²) in [5.41, 5.74) is 2.68. The summed E-state index contributed by atoms with van der Waals surface area (Å²) in [7, 11) is 4.10. The third-order valence-electron chi connectivity index (χ3n) is 1.73. The Balaban J connectivity index is 2.83. The van der Waals surface area contributed by atoms with E-state index in [0.717, 1.165) is 6.54 Å². The number of rotatable bonds is 3. The minimum atomic E-state index is 0.945. The van der Waals surface area contributed by atoms with E-state index in [1.807, 2.05) is 7.05 Å². The van der Waals surface area contributed by atoms with Gasteiger partial charge in [0.2, 0.25) is 0 Å². The maximum Gasteiger partial charge on any atom is 0.148 e. The Bertz CT molecular complexity index is 223. The highest BCUT2D eigenvalue weighted by Crippen LogP contribution is 1.93. The van der Waals surface area contributed by atoms with E-state index >= 15 is 0 Å². The van der Waals surface area contributed by atoms with Crippen molar-refractivity contribution in [3.05, 3.63) is 29.8 Å². The van der Waals surface area contributed by atoms with Gasteiger partial charge in [-0.05, 0) is 12.6 Å². The molecule has 2 heteroatoms. The van der Waals surface area contributed by atoms with Crippen molar-refractivity contribution >= 4 is 12.7 Å². The first kappa shape index (κ1) is 8.34. The van der Waals surface area contributed by atoms with Crippen LogP contribution in [0.5, 0.6) is 0 Å². The summed E-state index contributed by atoms with van der Waals surface area (Å²) in [5, 5.41) is 3.14. The number of benzene rings is 1. The molecule has 0 spiro atoms. The van der Waals surface area contributed by atoms with Crippen LogP contribution in [-0.2, 0) is 6.54 Å². The average Bonchev–Trinajstić information content (AvgIpc) is 2.06. The molecule has 1 N–H and O–H groups in total. The van der Waals surface area contributed by atoms with Crippen LogP contribution >= 0.6 is 0 Å². The van der Waals surface area contributed by atoms with E-state index in [0.29, 0.717) is 0 Å². The van der Waals surface area contributed by atoms with E-state index in [1.165, 1.54) is 11.0 Å². The van der Waals surface area contributed by atoms with Crippen molar-refractivity contribution in [2.45, 2.75) is 13.4 Å². The molecule has 0 aliphatic rings. The first-order chi connectivity index (χ1) is 5.38. The summed E-state index contributed by atoms with van der Waals surface area (Å²) >= 11 is 0. The van der Waals surface area contributed by atoms with Gasteiger partial charge in [0.15, 0.2) is 0 Å². The maximum atomic E-state index is 3.14. The van der Waals surface area contributed by atoms with Crippen molar-refractivity contribution in [3.63, 3.8) is 0 Å². The zero-order valence-electron chi connectivity index (χ0n) is 7.09. The zero-order chi connectivity index (χ0) is 8.10. The Morgan fingerprint density at radius 1 is 1.36 bits per heavy atom. The first-order valence-electron chi connectivity index (χ1n) is 3.90. The summed E-state index contributed by atoms with van der Waals surface area (Å²) < 4.78 is 0. The molecule has 1 radical (unpaired) electrons. The van der Waals surface area contributed by atoms with E-state index in [4.69, 9.17) is 0 Å². The average molecular weight is 146 g/mol. The van der Waals surface area contributed by atoms with Gasteiger partial charge in [0.05, 0.1) is 0 Å². The Labute approximate surface area is 69.1 Å². The van der Waals surface area contributed by atoms with Gasteiger partial charge in [0.1, 0.15) is 7.28 Å². The molecule has 0 amide bonds. The molecule has 0 saturated heterocycles. The quantitative estimate of drug-likeness (QED) is 0.621. The topological polar surface area (TPSA) is 12.0 Å². The second-order valence-corrected chi connectivity index (χ2v) is 2.52. The van der Waals surface area contributed by atoms with Crippen molar-refractivity contribution in [2.75, 3.05) is 7.05 Å². The summed E-state index contributed by atoms with van der Waals surface area (Å²) in [5.74, 6) is 0. The Hall–Kier alpha value is -0.755. The fraction of sp³-hybridized carbons (Fsp3) is 0.333. The zero-order valence-corrected chi connectivity index (χ0v) is 7.09. The van der Waals surface area contributed by atoms with Gasteiger partial charge in [-0.1, -0.05) is 36.6 Å². The molecule has 0 aromatic heterocycles. The van der Waals surface area contributed by atoms with Crippen LogP contribution in [0.25, 0.3) is 0 Å². The normalized spacial score (nSPS) is 9.64. The summed E-state index contributed by atoms with van der Waals surface area (Å²) in [6, 6.07) is 8.41. The maximum absolute atomic E-state index is 3.14. The van der Waals surface area contributed by atoms with Crippen LogP contribution in [0.1, 0.15) is 5.56 Å². The minimum Gasteiger partial charge on any atom is -0.316 e. The van der Waals surface area contributed by atoms with Gasteiger partial charge in [-0.2, -0.15) is 0 Å². The van der Waals surface area contributed by atoms with Crippen molar-refractivity contribution < 1.29 is 0 Å². The second-order valence-electron chi connectivity index (χ2n) is 2.52. The van der Waals surface area contributed by atoms with Crippen LogP contribution in [0.4, 0.5) is 0 Å². The van der Waals surface area contributed by atoms with Gasteiger partial charge in [-0.25, -0.2) is 0 Å². The lowest BCUT2D eigenvalue weighted by Gasteiger charge is -2.05. The fourth-order valence-electron chi connectivity index (χ4n) is 1.17. The van der Waals surface area contributed by atoms with Crippen LogP contribution in [0.15, 0.2) is 24.3 Å². The smallest absolute Gasteiger partial charge is 0.148 e. The molecule has 0 heterocycles. The Kier molecular flexibility index (Phi) is 3.18. The molecular weight excluding hydrogens is 133 g/mol. The van der Waals surface area contributed by atoms with Crippen molar-refractivity contribution in [1.82, 2.24) is 5.32 Å². The van der Waals surface area contributed by atoms with Crippen LogP contribution in [0.3, 0.4) is 0 Å². The third-order valence-corrected chi connectivity index (χ3v) is 1.73. The van der Waals surface area contributed by atoms with E-state index in [1.54, 1.807) is 0 Å². The predicted molar refractivity (Wildman–Crippen MR) is 50.5 cm³/mol. The SMILES string of the molecule is C[B]c1ccccc1CNC. The molecule has 1 nitrogen and oxygen atoms in total. The van der Waals surface area contributed by atoms with E-state index in [2.05, 4.69) is 43.7 Å². The predicted octanol–water partition coefficient (Wildman–Crippen LogP) is 0.784. The lowest BCUT2D eigenvalue weighted by atomic mass is 9.71. The molecule has 0 unspecified atom stereocenters. The van der Waals surface area contributed by atoms with Gasteiger partial charge in [-0.3, -0.25) is 0 Å². The molecular formula is C9H13BN. The third kappa shape index (κ3) is 2.09.